The summed E-state index contributed by atoms with van der Waals surface area (Å²) in [6.07, 6.45) is 4.90. The Morgan fingerprint density at radius 2 is 2.00 bits per heavy atom. The fourth-order valence-corrected chi connectivity index (χ4v) is 3.61. The number of hydrogen-bond acceptors (Lipinski definition) is 6. The first-order chi connectivity index (χ1) is 14.4. The van der Waals surface area contributed by atoms with Crippen molar-refractivity contribution in [3.05, 3.63) is 58.4 Å². The third-order valence-electron chi connectivity index (χ3n) is 5.16. The van der Waals surface area contributed by atoms with Gasteiger partial charge >= 0.3 is 5.97 Å². The first-order valence-electron chi connectivity index (χ1n) is 9.74. The molecule has 1 atom stereocenters. The Kier molecular flexibility index (Phi) is 6.54. The van der Waals surface area contributed by atoms with Gasteiger partial charge in [0, 0.05) is 12.0 Å². The Hall–Kier alpha value is -3.57. The van der Waals surface area contributed by atoms with Crippen molar-refractivity contribution < 1.29 is 19.5 Å². The fraction of sp³-hybridized carbons (Fsp3) is 0.318. The molecule has 0 fully saturated rings. The van der Waals surface area contributed by atoms with Crippen LogP contribution in [0.2, 0.25) is 0 Å². The monoisotopic (exact) mass is 406 g/mol. The number of nitrogens with one attached hydrogen (secondary N) is 1. The standard InChI is InChI=1S/C22H22N4O4/c23-11-19-17(21(29)18(24)8-9-20(27)28)10-14(12-25-19)26-22(30)16-7-3-5-13-4-1-2-6-15(13)16/h3,5,7,10,12,18H,1-2,4,6,8-9,24H2,(H,26,30)(H,27,28)/t18-/m0/s1. The van der Waals surface area contributed by atoms with E-state index in [1.54, 1.807) is 6.07 Å². The lowest BCUT2D eigenvalue weighted by molar-refractivity contribution is -0.137. The third-order valence-corrected chi connectivity index (χ3v) is 5.16. The zero-order valence-corrected chi connectivity index (χ0v) is 16.4. The predicted octanol–water partition coefficient (Wildman–Crippen LogP) is 2.46. The largest absolute Gasteiger partial charge is 0.481 e. The van der Waals surface area contributed by atoms with Crippen LogP contribution in [0.15, 0.2) is 30.5 Å². The number of hydrogen-bond donors (Lipinski definition) is 3. The highest BCUT2D eigenvalue weighted by atomic mass is 16.4. The van der Waals surface area contributed by atoms with Crippen molar-refractivity contribution in [3.8, 4) is 6.07 Å². The normalized spacial score (nSPS) is 13.6. The van der Waals surface area contributed by atoms with Crippen molar-refractivity contribution in [3.63, 3.8) is 0 Å². The summed E-state index contributed by atoms with van der Waals surface area (Å²) in [4.78, 5) is 40.1. The number of carboxylic acid groups (broad SMARTS) is 1. The van der Waals surface area contributed by atoms with Crippen molar-refractivity contribution in [2.45, 2.75) is 44.6 Å². The molecule has 30 heavy (non-hydrogen) atoms. The molecule has 1 aromatic heterocycles. The fourth-order valence-electron chi connectivity index (χ4n) is 3.61. The van der Waals surface area contributed by atoms with Gasteiger partial charge in [0.1, 0.15) is 6.07 Å². The summed E-state index contributed by atoms with van der Waals surface area (Å²) in [7, 11) is 0. The summed E-state index contributed by atoms with van der Waals surface area (Å²) in [5.41, 5.74) is 8.70. The zero-order chi connectivity index (χ0) is 21.7. The van der Waals surface area contributed by atoms with Gasteiger partial charge in [-0.3, -0.25) is 14.4 Å². The Labute approximate surface area is 173 Å². The molecule has 1 heterocycles. The molecule has 0 bridgehead atoms. The van der Waals surface area contributed by atoms with Crippen LogP contribution < -0.4 is 11.1 Å². The molecular formula is C22H22N4O4. The summed E-state index contributed by atoms with van der Waals surface area (Å²) in [5.74, 6) is -1.97. The average molecular weight is 406 g/mol. The first-order valence-corrected chi connectivity index (χ1v) is 9.74. The van der Waals surface area contributed by atoms with Gasteiger partial charge in [-0.2, -0.15) is 5.26 Å². The summed E-state index contributed by atoms with van der Waals surface area (Å²) < 4.78 is 0. The van der Waals surface area contributed by atoms with Gasteiger partial charge < -0.3 is 16.2 Å². The number of fused-ring (bicyclic) bond motifs is 1. The lowest BCUT2D eigenvalue weighted by Gasteiger charge is -2.19. The van der Waals surface area contributed by atoms with Crippen LogP contribution in [0, 0.1) is 11.3 Å². The minimum atomic E-state index is -1.08. The SMILES string of the molecule is N#Cc1ncc(NC(=O)c2cccc3c2CCCC3)cc1C(=O)[C@@H](N)CCC(=O)O. The van der Waals surface area contributed by atoms with Crippen molar-refractivity contribution in [2.75, 3.05) is 5.32 Å². The van der Waals surface area contributed by atoms with Crippen molar-refractivity contribution in [1.29, 1.82) is 5.26 Å². The molecule has 1 amide bonds. The number of amides is 1. The Morgan fingerprint density at radius 3 is 2.73 bits per heavy atom. The van der Waals surface area contributed by atoms with Gasteiger partial charge in [-0.15, -0.1) is 0 Å². The number of carbonyl (C=O) groups excluding carboxylic acids is 2. The summed E-state index contributed by atoms with van der Waals surface area (Å²) in [6.45, 7) is 0. The van der Waals surface area contributed by atoms with Gasteiger partial charge in [0.25, 0.3) is 5.91 Å². The number of pyridine rings is 1. The Balaban J connectivity index is 1.83. The maximum absolute atomic E-state index is 12.9. The number of ketones is 1. The zero-order valence-electron chi connectivity index (χ0n) is 16.4. The molecular weight excluding hydrogens is 384 g/mol. The average Bonchev–Trinajstić information content (AvgIpc) is 2.76. The number of anilines is 1. The topological polar surface area (TPSA) is 146 Å². The van der Waals surface area contributed by atoms with E-state index in [0.717, 1.165) is 31.2 Å². The highest BCUT2D eigenvalue weighted by molar-refractivity contribution is 6.07. The van der Waals surface area contributed by atoms with E-state index >= 15 is 0 Å². The molecule has 0 aliphatic heterocycles. The lowest BCUT2D eigenvalue weighted by atomic mass is 9.88. The number of aryl methyl sites for hydroxylation is 1. The van der Waals surface area contributed by atoms with Gasteiger partial charge in [0.15, 0.2) is 11.5 Å². The second-order valence-corrected chi connectivity index (χ2v) is 7.24. The van der Waals surface area contributed by atoms with Crippen LogP contribution >= 0.6 is 0 Å². The van der Waals surface area contributed by atoms with E-state index in [1.807, 2.05) is 18.2 Å². The predicted molar refractivity (Wildman–Crippen MR) is 109 cm³/mol. The van der Waals surface area contributed by atoms with E-state index in [1.165, 1.54) is 17.8 Å². The molecule has 0 radical (unpaired) electrons. The molecule has 8 nitrogen and oxygen atoms in total. The smallest absolute Gasteiger partial charge is 0.303 e. The van der Waals surface area contributed by atoms with Crippen molar-refractivity contribution in [1.82, 2.24) is 4.98 Å². The maximum Gasteiger partial charge on any atom is 0.303 e. The summed E-state index contributed by atoms with van der Waals surface area (Å²) in [6, 6.07) is 7.77. The van der Waals surface area contributed by atoms with Crippen molar-refractivity contribution in [2.24, 2.45) is 5.73 Å². The number of nitrogens with zero attached hydrogens (tertiary/aromatic N) is 2. The lowest BCUT2D eigenvalue weighted by Crippen LogP contribution is -2.32. The van der Waals surface area contributed by atoms with E-state index < -0.39 is 17.8 Å². The van der Waals surface area contributed by atoms with Gasteiger partial charge in [0.2, 0.25) is 0 Å². The van der Waals surface area contributed by atoms with Crippen LogP contribution in [0.3, 0.4) is 0 Å². The molecule has 1 aromatic carbocycles. The van der Waals surface area contributed by atoms with E-state index in [-0.39, 0.29) is 35.7 Å². The van der Waals surface area contributed by atoms with E-state index in [0.29, 0.717) is 5.56 Å². The molecule has 3 rings (SSSR count). The van der Waals surface area contributed by atoms with Gasteiger partial charge in [-0.05, 0) is 55.4 Å². The molecule has 1 aliphatic carbocycles. The number of Topliss-reactive ketones (excluding diaryl/α,β-unsaturated/α-hetero) is 1. The van der Waals surface area contributed by atoms with Gasteiger partial charge in [-0.25, -0.2) is 4.98 Å². The molecule has 4 N–H and O–H groups in total. The van der Waals surface area contributed by atoms with E-state index in [2.05, 4.69) is 10.3 Å². The van der Waals surface area contributed by atoms with Crippen molar-refractivity contribution >= 4 is 23.3 Å². The summed E-state index contributed by atoms with van der Waals surface area (Å²) in [5, 5.41) is 20.8. The van der Waals surface area contributed by atoms with Crippen LogP contribution in [0.5, 0.6) is 0 Å². The molecule has 0 saturated carbocycles. The molecule has 0 unspecified atom stereocenters. The number of nitrogens with two attached hydrogens (primary N) is 1. The second-order valence-electron chi connectivity index (χ2n) is 7.24. The molecule has 0 spiro atoms. The molecule has 154 valence electrons. The quantitative estimate of drug-likeness (QED) is 0.599. The van der Waals surface area contributed by atoms with Crippen LogP contribution in [-0.4, -0.2) is 33.8 Å². The first kappa shape index (κ1) is 21.1. The number of benzene rings is 1. The second kappa shape index (κ2) is 9.29. The number of carbonyl (C=O) groups is 3. The van der Waals surface area contributed by atoms with Crippen LogP contribution in [0.4, 0.5) is 5.69 Å². The molecule has 0 saturated heterocycles. The number of carboxylic acids is 1. The summed E-state index contributed by atoms with van der Waals surface area (Å²) >= 11 is 0. The highest BCUT2D eigenvalue weighted by Crippen LogP contribution is 2.25. The molecule has 8 heteroatoms. The Morgan fingerprint density at radius 1 is 1.23 bits per heavy atom. The molecule has 1 aliphatic rings. The van der Waals surface area contributed by atoms with E-state index in [4.69, 9.17) is 10.8 Å². The Bertz CT molecular complexity index is 1040. The maximum atomic E-state index is 12.9. The molecule has 2 aromatic rings. The van der Waals surface area contributed by atoms with Gasteiger partial charge in [-0.1, -0.05) is 12.1 Å². The number of aromatic nitrogens is 1. The van der Waals surface area contributed by atoms with E-state index in [9.17, 15) is 19.6 Å². The minimum Gasteiger partial charge on any atom is -0.481 e. The number of aliphatic carboxylic acids is 1. The van der Waals surface area contributed by atoms with Crippen LogP contribution in [0.1, 0.15) is 63.2 Å². The third kappa shape index (κ3) is 4.70. The van der Waals surface area contributed by atoms with Crippen LogP contribution in [-0.2, 0) is 17.6 Å². The highest BCUT2D eigenvalue weighted by Gasteiger charge is 2.22. The number of nitriles is 1. The minimum absolute atomic E-state index is 0.0386. The number of rotatable bonds is 7. The van der Waals surface area contributed by atoms with Crippen LogP contribution in [0.25, 0.3) is 0 Å². The van der Waals surface area contributed by atoms with Gasteiger partial charge in [0.05, 0.1) is 23.5 Å².